The third-order valence-corrected chi connectivity index (χ3v) is 4.23. The first-order valence-electron chi connectivity index (χ1n) is 7.09. The van der Waals surface area contributed by atoms with Gasteiger partial charge in [0.1, 0.15) is 4.60 Å². The summed E-state index contributed by atoms with van der Waals surface area (Å²) in [5.41, 5.74) is 2.29. The molecule has 4 rings (SSSR count). The van der Waals surface area contributed by atoms with E-state index in [0.717, 1.165) is 11.1 Å². The molecule has 1 atom stereocenters. The van der Waals surface area contributed by atoms with Crippen molar-refractivity contribution < 1.29 is 9.53 Å². The maximum absolute atomic E-state index is 11.8. The third-order valence-electron chi connectivity index (χ3n) is 3.69. The monoisotopic (exact) mass is 376 g/mol. The lowest BCUT2D eigenvalue weighted by Gasteiger charge is -2.13. The number of aromatic nitrogens is 5. The van der Waals surface area contributed by atoms with E-state index < -0.39 is 6.10 Å². The molecule has 1 saturated heterocycles. The third kappa shape index (κ3) is 2.46. The minimum absolute atomic E-state index is 0.117. The second-order valence-corrected chi connectivity index (χ2v) is 6.12. The van der Waals surface area contributed by atoms with Crippen molar-refractivity contribution in [1.29, 1.82) is 0 Å². The quantitative estimate of drug-likeness (QED) is 0.741. The van der Waals surface area contributed by atoms with E-state index in [-0.39, 0.29) is 5.91 Å². The molecular formula is C14H13BrN6O2. The number of halogens is 1. The fourth-order valence-electron chi connectivity index (χ4n) is 2.54. The number of hydrogen-bond donors (Lipinski definition) is 1. The number of carbonyl (C=O) groups excluding carboxylic acids is 1. The summed E-state index contributed by atoms with van der Waals surface area (Å²) in [6, 6.07) is 1.87. The molecule has 118 valence electrons. The van der Waals surface area contributed by atoms with E-state index in [1.807, 2.05) is 19.3 Å². The second-order valence-electron chi connectivity index (χ2n) is 5.30. The highest BCUT2D eigenvalue weighted by Gasteiger charge is 2.28. The van der Waals surface area contributed by atoms with Crippen LogP contribution in [0.15, 0.2) is 29.3 Å². The number of nitrogens with one attached hydrogen (secondary N) is 1. The maximum Gasteiger partial charge on any atom is 0.261 e. The summed E-state index contributed by atoms with van der Waals surface area (Å²) in [7, 11) is 1.84. The summed E-state index contributed by atoms with van der Waals surface area (Å²) in [5.74, 6) is 0.264. The van der Waals surface area contributed by atoms with E-state index in [0.29, 0.717) is 29.1 Å². The van der Waals surface area contributed by atoms with Gasteiger partial charge in [0.15, 0.2) is 11.8 Å². The van der Waals surface area contributed by atoms with Crippen LogP contribution in [0.1, 0.15) is 6.42 Å². The van der Waals surface area contributed by atoms with Gasteiger partial charge in [-0.05, 0) is 22.0 Å². The molecule has 1 fully saturated rings. The van der Waals surface area contributed by atoms with Crippen LogP contribution in [0.4, 0.5) is 0 Å². The Morgan fingerprint density at radius 1 is 1.43 bits per heavy atom. The Morgan fingerprint density at radius 3 is 3.00 bits per heavy atom. The predicted molar refractivity (Wildman–Crippen MR) is 84.9 cm³/mol. The fourth-order valence-corrected chi connectivity index (χ4v) is 2.91. The minimum atomic E-state index is -0.530. The van der Waals surface area contributed by atoms with Crippen molar-refractivity contribution in [2.24, 2.45) is 7.05 Å². The number of imidazole rings is 1. The highest BCUT2D eigenvalue weighted by molar-refractivity contribution is 9.10. The van der Waals surface area contributed by atoms with Crippen molar-refractivity contribution in [3.8, 4) is 17.0 Å². The van der Waals surface area contributed by atoms with Gasteiger partial charge < -0.3 is 10.1 Å². The van der Waals surface area contributed by atoms with Gasteiger partial charge in [0, 0.05) is 31.8 Å². The molecule has 0 radical (unpaired) electrons. The number of aryl methyl sites for hydroxylation is 1. The summed E-state index contributed by atoms with van der Waals surface area (Å²) < 4.78 is 9.93. The van der Waals surface area contributed by atoms with Gasteiger partial charge in [-0.15, -0.1) is 5.10 Å². The summed E-state index contributed by atoms with van der Waals surface area (Å²) in [6.45, 7) is 0.614. The first kappa shape index (κ1) is 14.2. The molecule has 23 heavy (non-hydrogen) atoms. The fraction of sp³-hybridized carbons (Fsp3) is 0.286. The van der Waals surface area contributed by atoms with Crippen molar-refractivity contribution >= 4 is 27.5 Å². The molecule has 3 aromatic heterocycles. The SMILES string of the molecule is Cn1cc(-c2cc3ncc(Br)n3nc2OC2CCNC2=O)cn1. The molecule has 0 aromatic carbocycles. The van der Waals surface area contributed by atoms with Gasteiger partial charge in [-0.2, -0.15) is 5.10 Å². The van der Waals surface area contributed by atoms with Gasteiger partial charge in [-0.3, -0.25) is 9.48 Å². The van der Waals surface area contributed by atoms with Gasteiger partial charge in [0.2, 0.25) is 5.88 Å². The Hall–Kier alpha value is -2.42. The largest absolute Gasteiger partial charge is 0.463 e. The van der Waals surface area contributed by atoms with Crippen LogP contribution in [0.25, 0.3) is 16.8 Å². The number of fused-ring (bicyclic) bond motifs is 1. The van der Waals surface area contributed by atoms with Crippen molar-refractivity contribution in [1.82, 2.24) is 29.7 Å². The molecule has 9 heteroatoms. The summed E-state index contributed by atoms with van der Waals surface area (Å²) in [4.78, 5) is 16.1. The Balaban J connectivity index is 1.84. The molecule has 1 unspecified atom stereocenters. The number of ether oxygens (including phenoxy) is 1. The highest BCUT2D eigenvalue weighted by atomic mass is 79.9. The summed E-state index contributed by atoms with van der Waals surface area (Å²) >= 11 is 3.40. The Morgan fingerprint density at radius 2 is 2.30 bits per heavy atom. The molecule has 3 aromatic rings. The zero-order valence-corrected chi connectivity index (χ0v) is 13.8. The second kappa shape index (κ2) is 5.34. The van der Waals surface area contributed by atoms with E-state index in [9.17, 15) is 4.79 Å². The molecule has 0 bridgehead atoms. The van der Waals surface area contributed by atoms with E-state index in [1.165, 1.54) is 0 Å². The molecule has 1 aliphatic heterocycles. The molecular weight excluding hydrogens is 364 g/mol. The van der Waals surface area contributed by atoms with Crippen LogP contribution >= 0.6 is 15.9 Å². The summed E-state index contributed by atoms with van der Waals surface area (Å²) in [6.07, 6.45) is 5.36. The van der Waals surface area contributed by atoms with Crippen LogP contribution in [0, 0.1) is 0 Å². The van der Waals surface area contributed by atoms with Crippen molar-refractivity contribution in [3.63, 3.8) is 0 Å². The van der Waals surface area contributed by atoms with Gasteiger partial charge in [0.25, 0.3) is 5.91 Å². The maximum atomic E-state index is 11.8. The van der Waals surface area contributed by atoms with Crippen LogP contribution in [-0.2, 0) is 11.8 Å². The summed E-state index contributed by atoms with van der Waals surface area (Å²) in [5, 5.41) is 11.4. The minimum Gasteiger partial charge on any atom is -0.463 e. The van der Waals surface area contributed by atoms with Crippen LogP contribution in [-0.4, -0.2) is 42.9 Å². The van der Waals surface area contributed by atoms with Crippen LogP contribution in [0.5, 0.6) is 5.88 Å². The van der Waals surface area contributed by atoms with E-state index >= 15 is 0 Å². The van der Waals surface area contributed by atoms with Crippen molar-refractivity contribution in [2.75, 3.05) is 6.54 Å². The lowest BCUT2D eigenvalue weighted by molar-refractivity contribution is -0.125. The average molecular weight is 377 g/mol. The Labute approximate surface area is 139 Å². The Kier molecular flexibility index (Phi) is 3.29. The topological polar surface area (TPSA) is 86.3 Å². The van der Waals surface area contributed by atoms with Crippen LogP contribution in [0.3, 0.4) is 0 Å². The van der Waals surface area contributed by atoms with E-state index in [2.05, 4.69) is 36.4 Å². The van der Waals surface area contributed by atoms with Gasteiger partial charge in [0.05, 0.1) is 18.0 Å². The first-order chi connectivity index (χ1) is 11.1. The molecule has 0 spiro atoms. The average Bonchev–Trinajstić information content (AvgIpc) is 3.22. The number of rotatable bonds is 3. The van der Waals surface area contributed by atoms with Crippen LogP contribution in [0.2, 0.25) is 0 Å². The first-order valence-corrected chi connectivity index (χ1v) is 7.89. The van der Waals surface area contributed by atoms with Gasteiger partial charge in [-0.25, -0.2) is 9.50 Å². The number of hydrogen-bond acceptors (Lipinski definition) is 5. The normalized spacial score (nSPS) is 17.7. The number of amides is 1. The van der Waals surface area contributed by atoms with Crippen molar-refractivity contribution in [3.05, 3.63) is 29.3 Å². The van der Waals surface area contributed by atoms with Crippen LogP contribution < -0.4 is 10.1 Å². The van der Waals surface area contributed by atoms with E-state index in [4.69, 9.17) is 4.74 Å². The number of carbonyl (C=O) groups is 1. The molecule has 1 aliphatic rings. The van der Waals surface area contributed by atoms with Crippen molar-refractivity contribution in [2.45, 2.75) is 12.5 Å². The standard InChI is InChI=1S/C14H13BrN6O2/c1-20-7-8(5-18-20)9-4-12-17-6-11(15)21(12)19-14(9)23-10-2-3-16-13(10)22/h4-7,10H,2-3H2,1H3,(H,16,22). The molecule has 0 saturated carbocycles. The zero-order valence-electron chi connectivity index (χ0n) is 12.2. The van der Waals surface area contributed by atoms with Gasteiger partial charge >= 0.3 is 0 Å². The molecule has 0 aliphatic carbocycles. The van der Waals surface area contributed by atoms with Gasteiger partial charge in [-0.1, -0.05) is 0 Å². The predicted octanol–water partition coefficient (Wildman–Crippen LogP) is 1.16. The number of nitrogens with zero attached hydrogens (tertiary/aromatic N) is 5. The molecule has 1 amide bonds. The lowest BCUT2D eigenvalue weighted by atomic mass is 10.1. The molecule has 4 heterocycles. The van der Waals surface area contributed by atoms with E-state index in [1.54, 1.807) is 21.6 Å². The molecule has 1 N–H and O–H groups in total. The zero-order chi connectivity index (χ0) is 16.0. The highest BCUT2D eigenvalue weighted by Crippen LogP contribution is 2.31. The Bertz CT molecular complexity index is 902. The lowest BCUT2D eigenvalue weighted by Crippen LogP contribution is -2.28. The smallest absolute Gasteiger partial charge is 0.261 e. The molecule has 8 nitrogen and oxygen atoms in total.